The average molecular weight is 422 g/mol. The Kier molecular flexibility index (Phi) is 7.46. The lowest BCUT2D eigenvalue weighted by atomic mass is 10.1. The largest absolute Gasteiger partial charge is 0.417 e. The van der Waals surface area contributed by atoms with Crippen molar-refractivity contribution < 1.29 is 4.43 Å². The molecule has 0 spiro atoms. The smallest absolute Gasteiger partial charge is 0.183 e. The van der Waals surface area contributed by atoms with Crippen LogP contribution >= 0.6 is 7.26 Å². The number of benzene rings is 3. The Balaban J connectivity index is 2.14. The van der Waals surface area contributed by atoms with Crippen molar-refractivity contribution in [2.75, 3.05) is 12.8 Å². The second-order valence-corrected chi connectivity index (χ2v) is 16.7. The highest BCUT2D eigenvalue weighted by molar-refractivity contribution is 7.95. The molecule has 0 aromatic heterocycles. The minimum atomic E-state index is -1.77. The summed E-state index contributed by atoms with van der Waals surface area (Å²) in [6, 6.07) is 33.5. The summed E-state index contributed by atoms with van der Waals surface area (Å²) in [6.07, 6.45) is 2.28. The van der Waals surface area contributed by atoms with E-state index in [1.165, 1.54) is 15.9 Å². The zero-order valence-corrected chi connectivity index (χ0v) is 20.1. The van der Waals surface area contributed by atoms with Gasteiger partial charge in [-0.1, -0.05) is 61.5 Å². The number of rotatable bonds is 9. The van der Waals surface area contributed by atoms with Gasteiger partial charge in [0.1, 0.15) is 23.2 Å². The Morgan fingerprint density at radius 2 is 1.07 bits per heavy atom. The molecular weight excluding hydrogens is 387 g/mol. The van der Waals surface area contributed by atoms with E-state index in [1.807, 2.05) is 0 Å². The van der Waals surface area contributed by atoms with E-state index in [0.717, 1.165) is 19.2 Å². The highest BCUT2D eigenvalue weighted by Gasteiger charge is 2.46. The molecular formula is C26H34OPSi+. The normalized spacial score (nSPS) is 13.2. The number of hydrogen-bond acceptors (Lipinski definition) is 1. The predicted molar refractivity (Wildman–Crippen MR) is 133 cm³/mol. The van der Waals surface area contributed by atoms with Gasteiger partial charge in [-0.15, -0.1) is 0 Å². The fourth-order valence-electron chi connectivity index (χ4n) is 3.87. The van der Waals surface area contributed by atoms with Crippen LogP contribution in [-0.4, -0.2) is 21.1 Å². The molecule has 0 unspecified atom stereocenters. The summed E-state index contributed by atoms with van der Waals surface area (Å²) in [5.74, 6) is 0.538. The van der Waals surface area contributed by atoms with Crippen LogP contribution in [-0.2, 0) is 4.43 Å². The molecule has 3 heteroatoms. The van der Waals surface area contributed by atoms with Gasteiger partial charge in [0.2, 0.25) is 0 Å². The Morgan fingerprint density at radius 3 is 1.38 bits per heavy atom. The Labute approximate surface area is 178 Å². The maximum Gasteiger partial charge on any atom is 0.183 e. The van der Waals surface area contributed by atoms with Crippen LogP contribution in [0.25, 0.3) is 0 Å². The Hall–Kier alpha value is -1.73. The maximum atomic E-state index is 6.39. The van der Waals surface area contributed by atoms with Crippen molar-refractivity contribution in [3.05, 3.63) is 91.0 Å². The second kappa shape index (κ2) is 9.85. The molecule has 0 radical (unpaired) electrons. The molecule has 1 atom stereocenters. The Bertz CT molecular complexity index is 763. The van der Waals surface area contributed by atoms with Gasteiger partial charge in [0.15, 0.2) is 8.32 Å². The summed E-state index contributed by atoms with van der Waals surface area (Å²) in [4.78, 5) is 0. The van der Waals surface area contributed by atoms with E-state index in [1.54, 1.807) is 0 Å². The van der Waals surface area contributed by atoms with E-state index >= 15 is 0 Å². The van der Waals surface area contributed by atoms with E-state index in [4.69, 9.17) is 4.43 Å². The van der Waals surface area contributed by atoms with Gasteiger partial charge in [-0.3, -0.25) is 0 Å². The third-order valence-corrected chi connectivity index (χ3v) is 11.1. The zero-order chi connectivity index (χ0) is 20.7. The summed E-state index contributed by atoms with van der Waals surface area (Å²) in [5, 5.41) is 4.39. The number of hydrogen-bond donors (Lipinski definition) is 0. The molecule has 29 heavy (non-hydrogen) atoms. The van der Waals surface area contributed by atoms with Crippen molar-refractivity contribution in [3.63, 3.8) is 0 Å². The summed E-state index contributed by atoms with van der Waals surface area (Å²) in [6.45, 7) is 10.0. The van der Waals surface area contributed by atoms with E-state index in [-0.39, 0.29) is 0 Å². The molecule has 1 nitrogen and oxygen atoms in total. The van der Waals surface area contributed by atoms with Crippen LogP contribution in [0, 0.1) is 5.92 Å². The lowest BCUT2D eigenvalue weighted by Gasteiger charge is -2.32. The molecule has 0 fully saturated rings. The van der Waals surface area contributed by atoms with Crippen molar-refractivity contribution in [3.8, 4) is 0 Å². The van der Waals surface area contributed by atoms with Crippen LogP contribution in [0.4, 0.5) is 0 Å². The highest BCUT2D eigenvalue weighted by atomic mass is 31.2. The zero-order valence-electron chi connectivity index (χ0n) is 18.2. The first-order chi connectivity index (χ1) is 14.0. The molecule has 0 saturated heterocycles. The molecule has 152 valence electrons. The summed E-state index contributed by atoms with van der Waals surface area (Å²) >= 11 is 0. The molecule has 0 amide bonds. The van der Waals surface area contributed by atoms with Crippen molar-refractivity contribution in [1.29, 1.82) is 0 Å². The van der Waals surface area contributed by atoms with Crippen molar-refractivity contribution >= 4 is 31.5 Å². The van der Waals surface area contributed by atoms with E-state index < -0.39 is 15.6 Å². The van der Waals surface area contributed by atoms with Crippen molar-refractivity contribution in [2.45, 2.75) is 33.0 Å². The van der Waals surface area contributed by atoms with Crippen LogP contribution < -0.4 is 15.9 Å². The van der Waals surface area contributed by atoms with E-state index in [2.05, 4.69) is 118 Å². The van der Waals surface area contributed by atoms with Gasteiger partial charge in [0.05, 0.1) is 6.16 Å². The fraction of sp³-hybridized carbons (Fsp3) is 0.308. The van der Waals surface area contributed by atoms with Crippen LogP contribution in [0.5, 0.6) is 0 Å². The van der Waals surface area contributed by atoms with Crippen LogP contribution in [0.3, 0.4) is 0 Å². The SMILES string of the molecule is CC[C@H](CO[Si](C)(C)C)C[P+](c1ccccc1)(c1ccccc1)c1ccccc1. The van der Waals surface area contributed by atoms with Crippen LogP contribution in [0.15, 0.2) is 91.0 Å². The molecule has 0 aliphatic carbocycles. The molecule has 0 saturated carbocycles. The molecule has 3 rings (SSSR count). The van der Waals surface area contributed by atoms with Gasteiger partial charge >= 0.3 is 0 Å². The lowest BCUT2D eigenvalue weighted by Crippen LogP contribution is -2.37. The van der Waals surface area contributed by atoms with Gasteiger partial charge < -0.3 is 4.43 Å². The van der Waals surface area contributed by atoms with Crippen LogP contribution in [0.1, 0.15) is 13.3 Å². The predicted octanol–water partition coefficient (Wildman–Crippen LogP) is 5.86. The Morgan fingerprint density at radius 1 is 0.690 bits per heavy atom. The maximum absolute atomic E-state index is 6.39. The molecule has 3 aromatic carbocycles. The standard InChI is InChI=1S/C26H34OPSi/c1-5-23(21-27-29(2,3)4)22-28(24-15-9-6-10-16-24,25-17-11-7-12-18-25)26-19-13-8-14-20-26/h6-20,23H,5,21-22H2,1-4H3/q+1/t23-/m1/s1. The van der Waals surface area contributed by atoms with Gasteiger partial charge in [-0.25, -0.2) is 0 Å². The topological polar surface area (TPSA) is 9.23 Å². The summed E-state index contributed by atoms with van der Waals surface area (Å²) < 4.78 is 6.39. The van der Waals surface area contributed by atoms with Crippen molar-refractivity contribution in [1.82, 2.24) is 0 Å². The van der Waals surface area contributed by atoms with E-state index in [9.17, 15) is 0 Å². The monoisotopic (exact) mass is 421 g/mol. The second-order valence-electron chi connectivity index (χ2n) is 8.70. The third-order valence-electron chi connectivity index (χ3n) is 5.45. The third kappa shape index (κ3) is 5.45. The molecule has 0 aliphatic rings. The highest BCUT2D eigenvalue weighted by Crippen LogP contribution is 2.56. The quantitative estimate of drug-likeness (QED) is 0.311. The lowest BCUT2D eigenvalue weighted by molar-refractivity contribution is 0.252. The fourth-order valence-corrected chi connectivity index (χ4v) is 9.31. The first kappa shape index (κ1) is 22.0. The van der Waals surface area contributed by atoms with E-state index in [0.29, 0.717) is 5.92 Å². The first-order valence-corrected chi connectivity index (χ1v) is 16.0. The average Bonchev–Trinajstić information content (AvgIpc) is 2.75. The molecule has 3 aromatic rings. The van der Waals surface area contributed by atoms with Gasteiger partial charge in [0, 0.05) is 12.5 Å². The molecule has 0 N–H and O–H groups in total. The summed E-state index contributed by atoms with van der Waals surface area (Å²) in [7, 11) is -3.31. The minimum absolute atomic E-state index is 0.538. The summed E-state index contributed by atoms with van der Waals surface area (Å²) in [5.41, 5.74) is 0. The van der Waals surface area contributed by atoms with Crippen molar-refractivity contribution in [2.24, 2.45) is 5.92 Å². The van der Waals surface area contributed by atoms with Gasteiger partial charge in [-0.05, 0) is 62.5 Å². The minimum Gasteiger partial charge on any atom is -0.417 e. The van der Waals surface area contributed by atoms with Gasteiger partial charge in [-0.2, -0.15) is 0 Å². The molecule has 0 heterocycles. The molecule has 0 aliphatic heterocycles. The van der Waals surface area contributed by atoms with Crippen LogP contribution in [0.2, 0.25) is 19.6 Å². The first-order valence-electron chi connectivity index (χ1n) is 10.6. The van der Waals surface area contributed by atoms with Gasteiger partial charge in [0.25, 0.3) is 0 Å². The molecule has 0 bridgehead atoms.